The predicted molar refractivity (Wildman–Crippen MR) is 109 cm³/mol. The van der Waals surface area contributed by atoms with Crippen LogP contribution < -0.4 is 4.74 Å². The Morgan fingerprint density at radius 2 is 1.89 bits per heavy atom. The van der Waals surface area contributed by atoms with Gasteiger partial charge in [-0.1, -0.05) is 36.4 Å². The highest BCUT2D eigenvalue weighted by Gasteiger charge is 2.16. The van der Waals surface area contributed by atoms with E-state index in [0.717, 1.165) is 19.5 Å². The Morgan fingerprint density at radius 3 is 2.54 bits per heavy atom. The summed E-state index contributed by atoms with van der Waals surface area (Å²) < 4.78 is 10.6. The van der Waals surface area contributed by atoms with E-state index < -0.39 is 6.10 Å². The van der Waals surface area contributed by atoms with E-state index in [1.54, 1.807) is 31.2 Å². The normalized spacial score (nSPS) is 15.6. The smallest absolute Gasteiger partial charge is 0.338 e. The first-order valence-electron chi connectivity index (χ1n) is 9.70. The molecular weight excluding hydrogens is 354 g/mol. The number of ether oxygens (including phenoxy) is 2. The molecule has 5 nitrogen and oxygen atoms in total. The summed E-state index contributed by atoms with van der Waals surface area (Å²) in [5.74, 6) is 0.277. The van der Waals surface area contributed by atoms with E-state index in [1.165, 1.54) is 11.1 Å². The van der Waals surface area contributed by atoms with Crippen molar-refractivity contribution in [2.24, 2.45) is 0 Å². The lowest BCUT2D eigenvalue weighted by Crippen LogP contribution is -2.38. The molecule has 0 radical (unpaired) electrons. The second-order valence-corrected chi connectivity index (χ2v) is 6.81. The maximum absolute atomic E-state index is 11.6. The van der Waals surface area contributed by atoms with Gasteiger partial charge in [-0.05, 0) is 48.7 Å². The van der Waals surface area contributed by atoms with Gasteiger partial charge in [0.25, 0.3) is 0 Å². The van der Waals surface area contributed by atoms with Crippen LogP contribution in [0.3, 0.4) is 0 Å². The van der Waals surface area contributed by atoms with Gasteiger partial charge in [0.2, 0.25) is 0 Å². The molecule has 0 amide bonds. The molecule has 1 heterocycles. The van der Waals surface area contributed by atoms with Crippen LogP contribution >= 0.6 is 0 Å². The van der Waals surface area contributed by atoms with Crippen molar-refractivity contribution in [2.75, 3.05) is 32.8 Å². The molecule has 0 bridgehead atoms. The minimum absolute atomic E-state index is 0.213. The molecule has 148 valence electrons. The predicted octanol–water partition coefficient (Wildman–Crippen LogP) is 3.39. The van der Waals surface area contributed by atoms with Crippen LogP contribution in [0, 0.1) is 0 Å². The number of rotatable bonds is 8. The van der Waals surface area contributed by atoms with Crippen LogP contribution in [-0.2, 0) is 4.74 Å². The van der Waals surface area contributed by atoms with Crippen molar-refractivity contribution in [3.05, 3.63) is 71.8 Å². The zero-order valence-electron chi connectivity index (χ0n) is 16.2. The van der Waals surface area contributed by atoms with Crippen molar-refractivity contribution >= 4 is 11.5 Å². The molecule has 0 saturated carbocycles. The highest BCUT2D eigenvalue weighted by Crippen LogP contribution is 2.22. The first-order chi connectivity index (χ1) is 13.7. The molecule has 0 spiro atoms. The number of benzene rings is 2. The van der Waals surface area contributed by atoms with Crippen LogP contribution in [-0.4, -0.2) is 54.9 Å². The molecule has 3 rings (SSSR count). The first kappa shape index (κ1) is 20.1. The summed E-state index contributed by atoms with van der Waals surface area (Å²) in [6, 6.07) is 17.2. The van der Waals surface area contributed by atoms with Gasteiger partial charge in [0.05, 0.1) is 12.2 Å². The van der Waals surface area contributed by atoms with E-state index in [4.69, 9.17) is 9.47 Å². The Balaban J connectivity index is 1.43. The van der Waals surface area contributed by atoms with E-state index in [-0.39, 0.29) is 12.6 Å². The second kappa shape index (κ2) is 10.1. The first-order valence-corrected chi connectivity index (χ1v) is 9.70. The topological polar surface area (TPSA) is 59.0 Å². The van der Waals surface area contributed by atoms with Crippen molar-refractivity contribution in [3.63, 3.8) is 0 Å². The molecule has 1 N–H and O–H groups in total. The van der Waals surface area contributed by atoms with Crippen LogP contribution in [0.1, 0.15) is 29.3 Å². The molecule has 0 fully saturated rings. The van der Waals surface area contributed by atoms with Crippen molar-refractivity contribution in [1.82, 2.24) is 4.90 Å². The van der Waals surface area contributed by atoms with E-state index in [0.29, 0.717) is 24.5 Å². The van der Waals surface area contributed by atoms with Gasteiger partial charge in [0.15, 0.2) is 0 Å². The maximum Gasteiger partial charge on any atom is 0.338 e. The summed E-state index contributed by atoms with van der Waals surface area (Å²) in [7, 11) is 0. The zero-order chi connectivity index (χ0) is 19.8. The molecule has 1 unspecified atom stereocenters. The van der Waals surface area contributed by atoms with Crippen molar-refractivity contribution in [1.29, 1.82) is 0 Å². The molecule has 2 aromatic rings. The third-order valence-electron chi connectivity index (χ3n) is 4.71. The summed E-state index contributed by atoms with van der Waals surface area (Å²) in [5.41, 5.74) is 3.13. The number of aliphatic hydroxyl groups is 1. The number of hydrogen-bond acceptors (Lipinski definition) is 5. The van der Waals surface area contributed by atoms with Crippen LogP contribution in [0.15, 0.2) is 60.7 Å². The number of carbonyl (C=O) groups excluding carboxylic acids is 1. The summed E-state index contributed by atoms with van der Waals surface area (Å²) >= 11 is 0. The summed E-state index contributed by atoms with van der Waals surface area (Å²) in [5, 5.41) is 10.3. The summed E-state index contributed by atoms with van der Waals surface area (Å²) in [4.78, 5) is 13.9. The Labute approximate surface area is 166 Å². The Morgan fingerprint density at radius 1 is 1.14 bits per heavy atom. The summed E-state index contributed by atoms with van der Waals surface area (Å²) in [6.45, 7) is 4.66. The third kappa shape index (κ3) is 5.68. The van der Waals surface area contributed by atoms with Gasteiger partial charge in [0, 0.05) is 19.6 Å². The fourth-order valence-corrected chi connectivity index (χ4v) is 3.24. The Kier molecular flexibility index (Phi) is 7.23. The van der Waals surface area contributed by atoms with E-state index in [1.807, 2.05) is 6.07 Å². The number of hydrogen-bond donors (Lipinski definition) is 1. The molecule has 2 aromatic carbocycles. The van der Waals surface area contributed by atoms with E-state index in [2.05, 4.69) is 35.2 Å². The monoisotopic (exact) mass is 381 g/mol. The molecule has 1 aliphatic rings. The fraction of sp³-hybridized carbons (Fsp3) is 0.348. The zero-order valence-corrected chi connectivity index (χ0v) is 16.2. The van der Waals surface area contributed by atoms with Gasteiger partial charge in [-0.25, -0.2) is 4.79 Å². The largest absolute Gasteiger partial charge is 0.491 e. The van der Waals surface area contributed by atoms with Gasteiger partial charge in [-0.3, -0.25) is 4.90 Å². The molecule has 28 heavy (non-hydrogen) atoms. The maximum atomic E-state index is 11.6. The van der Waals surface area contributed by atoms with E-state index in [9.17, 15) is 9.90 Å². The average molecular weight is 381 g/mol. The van der Waals surface area contributed by atoms with E-state index >= 15 is 0 Å². The van der Waals surface area contributed by atoms with Gasteiger partial charge in [-0.15, -0.1) is 0 Å². The molecule has 1 atom stereocenters. The SMILES string of the molecule is CCOC(=O)c1ccc(OCC(O)CN2CC=C(c3ccccc3)CC2)cc1. The van der Waals surface area contributed by atoms with Crippen LogP contribution in [0.5, 0.6) is 5.75 Å². The highest BCUT2D eigenvalue weighted by atomic mass is 16.5. The molecular formula is C23H27NO4. The highest BCUT2D eigenvalue weighted by molar-refractivity contribution is 5.89. The van der Waals surface area contributed by atoms with Crippen LogP contribution in [0.4, 0.5) is 0 Å². The van der Waals surface area contributed by atoms with Crippen LogP contribution in [0.25, 0.3) is 5.57 Å². The fourth-order valence-electron chi connectivity index (χ4n) is 3.24. The van der Waals surface area contributed by atoms with Crippen LogP contribution in [0.2, 0.25) is 0 Å². The number of esters is 1. The lowest BCUT2D eigenvalue weighted by molar-refractivity contribution is 0.0525. The number of aliphatic hydroxyl groups excluding tert-OH is 1. The average Bonchev–Trinajstić information content (AvgIpc) is 2.74. The lowest BCUT2D eigenvalue weighted by atomic mass is 9.99. The standard InChI is InChI=1S/C23H27NO4/c1-2-27-23(26)20-8-10-22(11-9-20)28-17-21(25)16-24-14-12-19(13-15-24)18-6-4-3-5-7-18/h3-12,21,25H,2,13-17H2,1H3. The van der Waals surface area contributed by atoms with Crippen molar-refractivity contribution < 1.29 is 19.4 Å². The van der Waals surface area contributed by atoms with Crippen molar-refractivity contribution in [2.45, 2.75) is 19.4 Å². The number of nitrogens with zero attached hydrogens (tertiary/aromatic N) is 1. The summed E-state index contributed by atoms with van der Waals surface area (Å²) in [6.07, 6.45) is 2.64. The van der Waals surface area contributed by atoms with Gasteiger partial charge >= 0.3 is 5.97 Å². The molecule has 5 heteroatoms. The Bertz CT molecular complexity index is 786. The van der Waals surface area contributed by atoms with Gasteiger partial charge in [-0.2, -0.15) is 0 Å². The molecule has 0 saturated heterocycles. The Hall–Kier alpha value is -2.63. The molecule has 0 aliphatic carbocycles. The van der Waals surface area contributed by atoms with Gasteiger partial charge in [0.1, 0.15) is 18.5 Å². The number of β-amino-alcohol motifs (C(OH)–C–C–N with tert-alkyl or cyclic N) is 1. The minimum Gasteiger partial charge on any atom is -0.491 e. The quantitative estimate of drug-likeness (QED) is 0.711. The minimum atomic E-state index is -0.573. The lowest BCUT2D eigenvalue weighted by Gasteiger charge is -2.28. The second-order valence-electron chi connectivity index (χ2n) is 6.81. The molecule has 1 aliphatic heterocycles. The number of carbonyl (C=O) groups is 1. The van der Waals surface area contributed by atoms with Gasteiger partial charge < -0.3 is 14.6 Å². The molecule has 0 aromatic heterocycles. The van der Waals surface area contributed by atoms with Crippen molar-refractivity contribution in [3.8, 4) is 5.75 Å². The third-order valence-corrected chi connectivity index (χ3v) is 4.71.